The third-order valence-corrected chi connectivity index (χ3v) is 5.75. The van der Waals surface area contributed by atoms with E-state index in [0.29, 0.717) is 17.2 Å². The number of amides is 2. The first-order chi connectivity index (χ1) is 16.2. The SMILES string of the molecule is O=C(CNC(=O)c1cccc(NC2=NCCCN2)c1)NCC(C(=O)O)c1cc(Cl)cc(Br)c1O. The minimum atomic E-state index is -1.25. The Labute approximate surface area is 208 Å². The second kappa shape index (κ2) is 11.7. The van der Waals surface area contributed by atoms with Gasteiger partial charge in [-0.2, -0.15) is 0 Å². The molecule has 0 aliphatic carbocycles. The van der Waals surface area contributed by atoms with Crippen LogP contribution in [0.4, 0.5) is 5.69 Å². The molecule has 34 heavy (non-hydrogen) atoms. The van der Waals surface area contributed by atoms with Crippen LogP contribution in [-0.4, -0.2) is 60.1 Å². The number of carboxylic acids is 1. The number of carbonyl (C=O) groups excluding carboxylic acids is 2. The molecule has 2 aromatic carbocycles. The summed E-state index contributed by atoms with van der Waals surface area (Å²) in [4.78, 5) is 40.7. The lowest BCUT2D eigenvalue weighted by Gasteiger charge is -2.17. The molecular formula is C22H23BrClN5O5. The van der Waals surface area contributed by atoms with E-state index in [-0.39, 0.29) is 33.9 Å². The molecule has 12 heteroatoms. The molecule has 10 nitrogen and oxygen atoms in total. The van der Waals surface area contributed by atoms with Crippen molar-refractivity contribution in [2.75, 3.05) is 31.5 Å². The van der Waals surface area contributed by atoms with Gasteiger partial charge in [0.05, 0.1) is 11.0 Å². The molecule has 0 aromatic heterocycles. The monoisotopic (exact) mass is 551 g/mol. The first kappa shape index (κ1) is 25.3. The highest BCUT2D eigenvalue weighted by atomic mass is 79.9. The zero-order chi connectivity index (χ0) is 24.7. The van der Waals surface area contributed by atoms with Crippen LogP contribution < -0.4 is 21.3 Å². The Balaban J connectivity index is 1.55. The zero-order valence-corrected chi connectivity index (χ0v) is 20.2. The van der Waals surface area contributed by atoms with E-state index in [1.807, 2.05) is 0 Å². The molecule has 1 unspecified atom stereocenters. The summed E-state index contributed by atoms with van der Waals surface area (Å²) >= 11 is 9.07. The molecule has 3 rings (SSSR count). The molecule has 180 valence electrons. The van der Waals surface area contributed by atoms with Crippen molar-refractivity contribution in [3.63, 3.8) is 0 Å². The third-order valence-electron chi connectivity index (χ3n) is 4.93. The highest BCUT2D eigenvalue weighted by molar-refractivity contribution is 9.10. The first-order valence-electron chi connectivity index (χ1n) is 10.4. The topological polar surface area (TPSA) is 152 Å². The highest BCUT2D eigenvalue weighted by Crippen LogP contribution is 2.35. The summed E-state index contributed by atoms with van der Waals surface area (Å²) in [6, 6.07) is 9.48. The summed E-state index contributed by atoms with van der Waals surface area (Å²) in [6.07, 6.45) is 0.959. The van der Waals surface area contributed by atoms with Crippen LogP contribution in [0.3, 0.4) is 0 Å². The molecule has 1 heterocycles. The Bertz CT molecular complexity index is 1130. The fraction of sp³-hybridized carbons (Fsp3) is 0.273. The van der Waals surface area contributed by atoms with Crippen LogP contribution in [-0.2, 0) is 9.59 Å². The number of phenolic OH excluding ortho intramolecular Hbond substituents is 1. The van der Waals surface area contributed by atoms with Gasteiger partial charge < -0.3 is 31.5 Å². The number of hydrogen-bond donors (Lipinski definition) is 6. The number of guanidine groups is 1. The van der Waals surface area contributed by atoms with E-state index in [4.69, 9.17) is 11.6 Å². The van der Waals surface area contributed by atoms with Crippen molar-refractivity contribution in [1.82, 2.24) is 16.0 Å². The minimum Gasteiger partial charge on any atom is -0.506 e. The van der Waals surface area contributed by atoms with Gasteiger partial charge in [0.2, 0.25) is 5.91 Å². The number of halogens is 2. The fourth-order valence-electron chi connectivity index (χ4n) is 3.21. The van der Waals surface area contributed by atoms with Crippen molar-refractivity contribution in [3.8, 4) is 5.75 Å². The van der Waals surface area contributed by atoms with Crippen LogP contribution >= 0.6 is 27.5 Å². The second-order valence-electron chi connectivity index (χ2n) is 7.42. The maximum absolute atomic E-state index is 12.5. The average molecular weight is 553 g/mol. The van der Waals surface area contributed by atoms with Gasteiger partial charge in [0.15, 0.2) is 5.96 Å². The molecule has 0 fully saturated rings. The van der Waals surface area contributed by atoms with E-state index in [9.17, 15) is 24.6 Å². The second-order valence-corrected chi connectivity index (χ2v) is 8.71. The Morgan fingerprint density at radius 3 is 2.71 bits per heavy atom. The number of benzene rings is 2. The molecule has 0 spiro atoms. The number of anilines is 1. The van der Waals surface area contributed by atoms with Crippen molar-refractivity contribution >= 4 is 57.0 Å². The Morgan fingerprint density at radius 2 is 2.00 bits per heavy atom. The lowest BCUT2D eigenvalue weighted by Crippen LogP contribution is -2.39. The summed E-state index contributed by atoms with van der Waals surface area (Å²) in [5.41, 5.74) is 1.06. The van der Waals surface area contributed by atoms with Crippen LogP contribution in [0, 0.1) is 0 Å². The Hall–Kier alpha value is -3.31. The smallest absolute Gasteiger partial charge is 0.312 e. The number of phenols is 1. The number of rotatable bonds is 8. The molecule has 1 aliphatic heterocycles. The number of nitrogens with zero attached hydrogens (tertiary/aromatic N) is 1. The summed E-state index contributed by atoms with van der Waals surface area (Å²) < 4.78 is 0.239. The number of nitrogens with one attached hydrogen (secondary N) is 4. The van der Waals surface area contributed by atoms with Gasteiger partial charge in [-0.15, -0.1) is 0 Å². The lowest BCUT2D eigenvalue weighted by molar-refractivity contribution is -0.138. The molecule has 2 amide bonds. The predicted octanol–water partition coefficient (Wildman–Crippen LogP) is 2.28. The standard InChI is InChI=1S/C22H23BrClN5O5/c23-17-9-13(24)8-15(19(17)31)16(21(33)34)10-27-18(30)11-28-20(32)12-3-1-4-14(7-12)29-22-25-5-2-6-26-22/h1,3-4,7-9,16,31H,2,5-6,10-11H2,(H,27,30)(H,28,32)(H,33,34)(H2,25,26,29). The van der Waals surface area contributed by atoms with Gasteiger partial charge in [0.1, 0.15) is 11.7 Å². The summed E-state index contributed by atoms with van der Waals surface area (Å²) in [5, 5.41) is 31.1. The maximum Gasteiger partial charge on any atom is 0.312 e. The Morgan fingerprint density at radius 1 is 1.21 bits per heavy atom. The summed E-state index contributed by atoms with van der Waals surface area (Å²) in [6.45, 7) is 0.876. The number of hydrogen-bond acceptors (Lipinski definition) is 7. The number of aliphatic imine (C=N–C) groups is 1. The average Bonchev–Trinajstić information content (AvgIpc) is 2.81. The molecule has 6 N–H and O–H groups in total. The number of aromatic hydroxyl groups is 1. The lowest BCUT2D eigenvalue weighted by atomic mass is 9.98. The molecule has 0 saturated carbocycles. The highest BCUT2D eigenvalue weighted by Gasteiger charge is 2.25. The van der Waals surface area contributed by atoms with Gasteiger partial charge >= 0.3 is 5.97 Å². The molecule has 1 atom stereocenters. The quantitative estimate of drug-likeness (QED) is 0.294. The van der Waals surface area contributed by atoms with Crippen LogP contribution in [0.25, 0.3) is 0 Å². The van der Waals surface area contributed by atoms with E-state index >= 15 is 0 Å². The van der Waals surface area contributed by atoms with Crippen molar-refractivity contribution in [2.45, 2.75) is 12.3 Å². The zero-order valence-electron chi connectivity index (χ0n) is 17.9. The molecule has 0 radical (unpaired) electrons. The van der Waals surface area contributed by atoms with Crippen molar-refractivity contribution < 1.29 is 24.6 Å². The van der Waals surface area contributed by atoms with E-state index in [1.54, 1.807) is 24.3 Å². The molecule has 0 saturated heterocycles. The summed E-state index contributed by atoms with van der Waals surface area (Å²) in [7, 11) is 0. The largest absolute Gasteiger partial charge is 0.506 e. The number of carboxylic acid groups (broad SMARTS) is 1. The van der Waals surface area contributed by atoms with Crippen LogP contribution in [0.2, 0.25) is 5.02 Å². The maximum atomic E-state index is 12.5. The van der Waals surface area contributed by atoms with E-state index in [2.05, 4.69) is 42.2 Å². The molecule has 0 bridgehead atoms. The summed E-state index contributed by atoms with van der Waals surface area (Å²) in [5.74, 6) is -3.20. The number of aliphatic carboxylic acids is 1. The third kappa shape index (κ3) is 6.84. The van der Waals surface area contributed by atoms with Gasteiger partial charge in [-0.3, -0.25) is 19.4 Å². The fourth-order valence-corrected chi connectivity index (χ4v) is 4.05. The van der Waals surface area contributed by atoms with Crippen LogP contribution in [0.5, 0.6) is 5.75 Å². The van der Waals surface area contributed by atoms with Crippen molar-refractivity contribution in [3.05, 3.63) is 57.0 Å². The van der Waals surface area contributed by atoms with Crippen molar-refractivity contribution in [2.24, 2.45) is 4.99 Å². The van der Waals surface area contributed by atoms with Gasteiger partial charge in [-0.1, -0.05) is 17.7 Å². The van der Waals surface area contributed by atoms with Gasteiger partial charge in [0, 0.05) is 41.5 Å². The van der Waals surface area contributed by atoms with E-state index in [0.717, 1.165) is 19.5 Å². The van der Waals surface area contributed by atoms with Crippen LogP contribution in [0.15, 0.2) is 45.9 Å². The van der Waals surface area contributed by atoms with Gasteiger partial charge in [-0.05, 0) is 52.7 Å². The normalized spacial score (nSPS) is 13.8. The first-order valence-corrected chi connectivity index (χ1v) is 11.5. The van der Waals surface area contributed by atoms with E-state index < -0.39 is 23.7 Å². The van der Waals surface area contributed by atoms with Gasteiger partial charge in [-0.25, -0.2) is 0 Å². The van der Waals surface area contributed by atoms with Crippen LogP contribution in [0.1, 0.15) is 28.3 Å². The van der Waals surface area contributed by atoms with Gasteiger partial charge in [0.25, 0.3) is 5.91 Å². The molecule has 2 aromatic rings. The molecular weight excluding hydrogens is 530 g/mol. The van der Waals surface area contributed by atoms with E-state index in [1.165, 1.54) is 12.1 Å². The number of carbonyl (C=O) groups is 3. The predicted molar refractivity (Wildman–Crippen MR) is 132 cm³/mol. The van der Waals surface area contributed by atoms with Crippen molar-refractivity contribution in [1.29, 1.82) is 0 Å². The minimum absolute atomic E-state index is 0.0533. The Kier molecular flexibility index (Phi) is 8.72. The molecule has 1 aliphatic rings.